The van der Waals surface area contributed by atoms with Crippen LogP contribution in [0, 0.1) is 5.92 Å². The normalized spacial score (nSPS) is 25.4. The molecular weight excluding hydrogens is 250 g/mol. The van der Waals surface area contributed by atoms with E-state index in [1.807, 2.05) is 25.1 Å². The molecule has 1 aromatic rings. The molecule has 2 atom stereocenters. The van der Waals surface area contributed by atoms with Crippen LogP contribution < -0.4 is 0 Å². The zero-order valence-electron chi connectivity index (χ0n) is 10.7. The Hall–Kier alpha value is -0.910. The molecule has 0 aromatic heterocycles. The van der Waals surface area contributed by atoms with Gasteiger partial charge in [-0.1, -0.05) is 37.3 Å². The van der Waals surface area contributed by atoms with Gasteiger partial charge in [0.15, 0.2) is 0 Å². The third-order valence-corrected chi connectivity index (χ3v) is 3.76. The molecule has 1 aliphatic heterocycles. The van der Waals surface area contributed by atoms with E-state index in [4.69, 9.17) is 4.18 Å². The molecule has 5 heteroatoms. The average molecular weight is 269 g/mol. The van der Waals surface area contributed by atoms with E-state index < -0.39 is 10.1 Å². The molecule has 2 rings (SSSR count). The number of benzene rings is 1. The summed E-state index contributed by atoms with van der Waals surface area (Å²) < 4.78 is 27.4. The summed E-state index contributed by atoms with van der Waals surface area (Å²) in [6.45, 7) is 4.41. The molecule has 4 nitrogen and oxygen atoms in total. The van der Waals surface area contributed by atoms with Gasteiger partial charge in [0.25, 0.3) is 10.1 Å². The molecule has 0 spiro atoms. The highest BCUT2D eigenvalue weighted by Gasteiger charge is 2.32. The van der Waals surface area contributed by atoms with Gasteiger partial charge in [-0.25, -0.2) is 0 Å². The lowest BCUT2D eigenvalue weighted by atomic mass is 10.1. The van der Waals surface area contributed by atoms with Gasteiger partial charge in [0.2, 0.25) is 0 Å². The summed E-state index contributed by atoms with van der Waals surface area (Å²) in [5.41, 5.74) is 1.24. The van der Waals surface area contributed by atoms with Gasteiger partial charge in [0, 0.05) is 19.6 Å². The summed E-state index contributed by atoms with van der Waals surface area (Å²) in [6.07, 6.45) is 0.892. The van der Waals surface area contributed by atoms with Crippen LogP contribution in [0.3, 0.4) is 0 Å². The van der Waals surface area contributed by atoms with Crippen LogP contribution in [0.25, 0.3) is 0 Å². The number of rotatable bonds is 4. The van der Waals surface area contributed by atoms with Gasteiger partial charge in [-0.3, -0.25) is 9.08 Å². The first-order chi connectivity index (χ1) is 8.44. The maximum absolute atomic E-state index is 11.2. The van der Waals surface area contributed by atoms with Crippen molar-refractivity contribution in [1.29, 1.82) is 0 Å². The highest BCUT2D eigenvalue weighted by Crippen LogP contribution is 2.22. The topological polar surface area (TPSA) is 46.6 Å². The lowest BCUT2D eigenvalue weighted by Crippen LogP contribution is -2.25. The molecule has 0 amide bonds. The van der Waals surface area contributed by atoms with Gasteiger partial charge in [0.05, 0.1) is 12.4 Å². The van der Waals surface area contributed by atoms with Gasteiger partial charge in [-0.15, -0.1) is 0 Å². The molecule has 0 saturated carbocycles. The van der Waals surface area contributed by atoms with E-state index >= 15 is 0 Å². The lowest BCUT2D eigenvalue weighted by Gasteiger charge is -2.15. The first kappa shape index (κ1) is 13.5. The van der Waals surface area contributed by atoms with Gasteiger partial charge < -0.3 is 0 Å². The molecule has 100 valence electrons. The quantitative estimate of drug-likeness (QED) is 0.777. The van der Waals surface area contributed by atoms with Crippen molar-refractivity contribution in [2.45, 2.75) is 19.6 Å². The number of hydrogen-bond donors (Lipinski definition) is 0. The van der Waals surface area contributed by atoms with Crippen LogP contribution in [0.4, 0.5) is 0 Å². The highest BCUT2D eigenvalue weighted by molar-refractivity contribution is 7.86. The fraction of sp³-hybridized carbons (Fsp3) is 0.538. The molecular formula is C13H19NO3S. The van der Waals surface area contributed by atoms with E-state index in [9.17, 15) is 8.42 Å². The van der Waals surface area contributed by atoms with E-state index in [-0.39, 0.29) is 12.0 Å². The standard InChI is InChI=1S/C13H19NO3S/c1-11-8-14(9-12-6-4-3-5-7-12)10-13(11)17-18(2,15)16/h3-7,11,13H,8-10H2,1-2H3/t11-,13+/m1/s1. The fourth-order valence-electron chi connectivity index (χ4n) is 2.35. The minimum absolute atomic E-state index is 0.219. The molecule has 18 heavy (non-hydrogen) atoms. The van der Waals surface area contributed by atoms with Crippen LogP contribution in [-0.2, 0) is 20.8 Å². The van der Waals surface area contributed by atoms with Crippen LogP contribution >= 0.6 is 0 Å². The third kappa shape index (κ3) is 3.80. The first-order valence-corrected chi connectivity index (χ1v) is 7.90. The van der Waals surface area contributed by atoms with E-state index in [1.165, 1.54) is 5.56 Å². The molecule has 0 N–H and O–H groups in total. The Kier molecular flexibility index (Phi) is 4.04. The average Bonchev–Trinajstić information content (AvgIpc) is 2.58. The predicted molar refractivity (Wildman–Crippen MR) is 70.6 cm³/mol. The third-order valence-electron chi connectivity index (χ3n) is 3.17. The van der Waals surface area contributed by atoms with Gasteiger partial charge >= 0.3 is 0 Å². The smallest absolute Gasteiger partial charge is 0.264 e. The van der Waals surface area contributed by atoms with Crippen LogP contribution in [0.15, 0.2) is 30.3 Å². The Bertz CT molecular complexity index is 486. The molecule has 0 unspecified atom stereocenters. The van der Waals surface area contributed by atoms with E-state index in [1.54, 1.807) is 0 Å². The minimum Gasteiger partial charge on any atom is -0.296 e. The summed E-state index contributed by atoms with van der Waals surface area (Å²) in [4.78, 5) is 2.23. The summed E-state index contributed by atoms with van der Waals surface area (Å²) in [7, 11) is -3.36. The molecule has 0 bridgehead atoms. The minimum atomic E-state index is -3.36. The van der Waals surface area contributed by atoms with Gasteiger partial charge in [0.1, 0.15) is 0 Å². The molecule has 0 radical (unpaired) electrons. The van der Waals surface area contributed by atoms with E-state index in [0.717, 1.165) is 19.3 Å². The Labute approximate surface area is 109 Å². The number of nitrogens with zero attached hydrogens (tertiary/aromatic N) is 1. The number of likely N-dealkylation sites (tertiary alicyclic amines) is 1. The van der Waals surface area contributed by atoms with Crippen molar-refractivity contribution in [2.75, 3.05) is 19.3 Å². The van der Waals surface area contributed by atoms with Crippen molar-refractivity contribution in [3.8, 4) is 0 Å². The van der Waals surface area contributed by atoms with E-state index in [0.29, 0.717) is 6.54 Å². The zero-order valence-corrected chi connectivity index (χ0v) is 11.6. The van der Waals surface area contributed by atoms with Crippen molar-refractivity contribution >= 4 is 10.1 Å². The van der Waals surface area contributed by atoms with Crippen LogP contribution in [0.2, 0.25) is 0 Å². The second kappa shape index (κ2) is 5.38. The van der Waals surface area contributed by atoms with Crippen molar-refractivity contribution < 1.29 is 12.6 Å². The predicted octanol–water partition coefficient (Wildman–Crippen LogP) is 1.48. The number of hydrogen-bond acceptors (Lipinski definition) is 4. The highest BCUT2D eigenvalue weighted by atomic mass is 32.2. The van der Waals surface area contributed by atoms with Gasteiger partial charge in [-0.2, -0.15) is 8.42 Å². The lowest BCUT2D eigenvalue weighted by molar-refractivity contribution is 0.182. The Morgan fingerprint density at radius 1 is 1.28 bits per heavy atom. The van der Waals surface area contributed by atoms with Gasteiger partial charge in [-0.05, 0) is 11.5 Å². The largest absolute Gasteiger partial charge is 0.296 e. The van der Waals surface area contributed by atoms with E-state index in [2.05, 4.69) is 17.0 Å². The SMILES string of the molecule is C[C@@H]1CN(Cc2ccccc2)C[C@@H]1OS(C)(=O)=O. The molecule has 1 aromatic carbocycles. The first-order valence-electron chi connectivity index (χ1n) is 6.08. The maximum atomic E-state index is 11.2. The second-order valence-corrected chi connectivity index (χ2v) is 6.60. The van der Waals surface area contributed by atoms with Crippen molar-refractivity contribution in [3.63, 3.8) is 0 Å². The van der Waals surface area contributed by atoms with Crippen molar-refractivity contribution in [2.24, 2.45) is 5.92 Å². The molecule has 1 fully saturated rings. The summed E-state index contributed by atoms with van der Waals surface area (Å²) in [5, 5.41) is 0. The summed E-state index contributed by atoms with van der Waals surface area (Å²) in [6, 6.07) is 10.2. The molecule has 1 heterocycles. The monoisotopic (exact) mass is 269 g/mol. The Balaban J connectivity index is 1.95. The zero-order chi connectivity index (χ0) is 13.2. The summed E-state index contributed by atoms with van der Waals surface area (Å²) in [5.74, 6) is 0.239. The summed E-state index contributed by atoms with van der Waals surface area (Å²) >= 11 is 0. The van der Waals surface area contributed by atoms with Crippen LogP contribution in [0.1, 0.15) is 12.5 Å². The molecule has 1 aliphatic rings. The van der Waals surface area contributed by atoms with Crippen molar-refractivity contribution in [1.82, 2.24) is 4.90 Å². The van der Waals surface area contributed by atoms with Crippen molar-refractivity contribution in [3.05, 3.63) is 35.9 Å². The van der Waals surface area contributed by atoms with Crippen LogP contribution in [-0.4, -0.2) is 38.8 Å². The molecule has 0 aliphatic carbocycles. The Morgan fingerprint density at radius 2 is 1.94 bits per heavy atom. The molecule has 1 saturated heterocycles. The Morgan fingerprint density at radius 3 is 2.56 bits per heavy atom. The van der Waals surface area contributed by atoms with Crippen LogP contribution in [0.5, 0.6) is 0 Å². The second-order valence-electron chi connectivity index (χ2n) is 5.00. The fourth-order valence-corrected chi connectivity index (χ4v) is 3.05. The maximum Gasteiger partial charge on any atom is 0.264 e.